The number of carbonyl (C=O) groups is 3. The zero-order valence-corrected chi connectivity index (χ0v) is 25.6. The summed E-state index contributed by atoms with van der Waals surface area (Å²) < 4.78 is 11.3. The van der Waals surface area contributed by atoms with Crippen LogP contribution in [0.15, 0.2) is 66.3 Å². The van der Waals surface area contributed by atoms with E-state index >= 15 is 0 Å². The second kappa shape index (κ2) is 16.8. The van der Waals surface area contributed by atoms with Crippen LogP contribution in [0, 0.1) is 11.8 Å². The van der Waals surface area contributed by atoms with E-state index in [0.717, 1.165) is 30.4 Å². The lowest BCUT2D eigenvalue weighted by molar-refractivity contribution is -0.156. The molecule has 0 saturated heterocycles. The van der Waals surface area contributed by atoms with Gasteiger partial charge in [0.25, 0.3) is 0 Å². The van der Waals surface area contributed by atoms with E-state index in [2.05, 4.69) is 10.6 Å². The number of rotatable bonds is 5. The third-order valence-electron chi connectivity index (χ3n) is 8.02. The topological polar surface area (TPSA) is 134 Å². The van der Waals surface area contributed by atoms with Crippen LogP contribution in [-0.2, 0) is 30.3 Å². The molecule has 9 heteroatoms. The smallest absolute Gasteiger partial charge is 0.328 e. The minimum atomic E-state index is -0.872. The van der Waals surface area contributed by atoms with Crippen molar-refractivity contribution in [1.82, 2.24) is 5.32 Å². The number of hydrogen-bond acceptors (Lipinski definition) is 7. The maximum Gasteiger partial charge on any atom is 0.328 e. The second-order valence-electron chi connectivity index (χ2n) is 11.5. The molecule has 2 amide bonds. The van der Waals surface area contributed by atoms with E-state index in [4.69, 9.17) is 9.47 Å². The Balaban J connectivity index is 1.80. The average Bonchev–Trinajstić information content (AvgIpc) is 2.92. The fraction of sp³-hybridized carbons (Fsp3) is 0.500. The third-order valence-corrected chi connectivity index (χ3v) is 8.02. The number of anilines is 1. The van der Waals surface area contributed by atoms with Gasteiger partial charge in [0.1, 0.15) is 17.9 Å². The number of aromatic hydroxyl groups is 1. The normalized spacial score (nSPS) is 28.4. The third kappa shape index (κ3) is 10.8. The Hall–Kier alpha value is -3.69. The highest BCUT2D eigenvalue weighted by Gasteiger charge is 2.31. The number of amides is 2. The van der Waals surface area contributed by atoms with Crippen LogP contribution in [0.2, 0.25) is 0 Å². The van der Waals surface area contributed by atoms with E-state index in [9.17, 15) is 24.6 Å². The van der Waals surface area contributed by atoms with Crippen molar-refractivity contribution in [1.29, 1.82) is 0 Å². The number of fused-ring (bicyclic) bond motifs is 2. The summed E-state index contributed by atoms with van der Waals surface area (Å²) in [5.74, 6) is -1.32. The summed E-state index contributed by atoms with van der Waals surface area (Å²) in [7, 11) is 1.53. The first-order valence-electron chi connectivity index (χ1n) is 15.1. The highest BCUT2D eigenvalue weighted by molar-refractivity contribution is 5.91. The molecule has 0 radical (unpaired) electrons. The fourth-order valence-electron chi connectivity index (χ4n) is 5.01. The molecule has 1 aliphatic heterocycles. The number of allylic oxidation sites excluding steroid dienone is 5. The number of phenols is 1. The fourth-order valence-corrected chi connectivity index (χ4v) is 5.01. The summed E-state index contributed by atoms with van der Waals surface area (Å²) >= 11 is 0. The van der Waals surface area contributed by atoms with Crippen LogP contribution in [0.4, 0.5) is 5.69 Å². The molecule has 4 N–H and O–H groups in total. The summed E-state index contributed by atoms with van der Waals surface area (Å²) in [5, 5.41) is 27.0. The quantitative estimate of drug-likeness (QED) is 0.281. The van der Waals surface area contributed by atoms with Gasteiger partial charge in [0.15, 0.2) is 0 Å². The van der Waals surface area contributed by atoms with Gasteiger partial charge in [-0.25, -0.2) is 4.79 Å². The molecule has 0 spiro atoms. The molecule has 1 aromatic rings. The summed E-state index contributed by atoms with van der Waals surface area (Å²) in [6.45, 7) is 5.30. The average molecular weight is 595 g/mol. The number of benzene rings is 1. The molecule has 1 fully saturated rings. The van der Waals surface area contributed by atoms with Crippen LogP contribution < -0.4 is 10.6 Å². The Morgan fingerprint density at radius 3 is 2.56 bits per heavy atom. The van der Waals surface area contributed by atoms with Crippen molar-refractivity contribution in [3.05, 3.63) is 71.9 Å². The molecule has 2 bridgehead atoms. The van der Waals surface area contributed by atoms with Gasteiger partial charge in [-0.3, -0.25) is 9.59 Å². The molecule has 1 aromatic carbocycles. The van der Waals surface area contributed by atoms with Gasteiger partial charge in [0, 0.05) is 37.1 Å². The largest absolute Gasteiger partial charge is 0.508 e. The lowest BCUT2D eigenvalue weighted by Crippen LogP contribution is -2.46. The SMILES string of the molecule is CO[C@H]1/C=C/C=C/C=C/C[C@H](OC(=O)[C@@H](C)NC(=O)C2CCC2)[C@H](C)[C@@H](O)/C(C)=C\CCc2cc(O)cc(c2)NC(=O)C1. The zero-order chi connectivity index (χ0) is 31.4. The molecule has 3 rings (SSSR count). The first-order valence-corrected chi connectivity index (χ1v) is 15.1. The standard InChI is InChI=1S/C34H46N2O7/c1-22-12-10-13-25-18-27(20-28(37)19-25)36-31(38)21-29(42-4)16-8-6-5-7-9-17-30(23(2)32(22)39)43-34(41)24(3)35-33(40)26-14-11-15-26/h5-9,12,16,18-20,23-24,26,29-30,32,37,39H,10-11,13-15,17,21H2,1-4H3,(H,35,40)(H,36,38)/b6-5+,9-7+,16-8+,22-12-/t23-,24+,29-,30-,32-/m0/s1. The molecular formula is C34H46N2O7. The zero-order valence-electron chi connectivity index (χ0n) is 25.6. The highest BCUT2D eigenvalue weighted by atomic mass is 16.5. The monoisotopic (exact) mass is 594 g/mol. The number of carbonyl (C=O) groups excluding carboxylic acids is 3. The van der Waals surface area contributed by atoms with Crippen LogP contribution in [0.3, 0.4) is 0 Å². The maximum atomic E-state index is 13.0. The molecule has 0 unspecified atom stereocenters. The van der Waals surface area contributed by atoms with Crippen LogP contribution in [0.5, 0.6) is 5.75 Å². The molecule has 1 heterocycles. The maximum absolute atomic E-state index is 13.0. The second-order valence-corrected chi connectivity index (χ2v) is 11.5. The van der Waals surface area contributed by atoms with E-state index in [-0.39, 0.29) is 29.9 Å². The predicted molar refractivity (Wildman–Crippen MR) is 166 cm³/mol. The van der Waals surface area contributed by atoms with E-state index < -0.39 is 36.2 Å². The number of methoxy groups -OCH3 is 1. The molecule has 234 valence electrons. The predicted octanol–water partition coefficient (Wildman–Crippen LogP) is 4.90. The Kier molecular flexibility index (Phi) is 13.2. The van der Waals surface area contributed by atoms with Gasteiger partial charge in [-0.15, -0.1) is 0 Å². The molecule has 5 atom stereocenters. The first kappa shape index (κ1) is 33.8. The van der Waals surface area contributed by atoms with Crippen molar-refractivity contribution in [2.24, 2.45) is 11.8 Å². The number of aryl methyl sites for hydroxylation is 1. The van der Waals surface area contributed by atoms with Gasteiger partial charge in [-0.1, -0.05) is 55.9 Å². The lowest BCUT2D eigenvalue weighted by Gasteiger charge is -2.30. The highest BCUT2D eigenvalue weighted by Crippen LogP contribution is 2.27. The van der Waals surface area contributed by atoms with Gasteiger partial charge in [-0.2, -0.15) is 0 Å². The Morgan fingerprint density at radius 1 is 1.12 bits per heavy atom. The molecule has 0 aromatic heterocycles. The summed E-state index contributed by atoms with van der Waals surface area (Å²) in [6.07, 6.45) is 15.2. The Morgan fingerprint density at radius 2 is 1.86 bits per heavy atom. The minimum absolute atomic E-state index is 0.0379. The first-order chi connectivity index (χ1) is 20.6. The molecule has 43 heavy (non-hydrogen) atoms. The van der Waals surface area contributed by atoms with Gasteiger partial charge in [-0.05, 0) is 62.8 Å². The van der Waals surface area contributed by atoms with E-state index in [1.807, 2.05) is 44.2 Å². The van der Waals surface area contributed by atoms with Crippen LogP contribution in [0.1, 0.15) is 64.9 Å². The number of aliphatic hydroxyl groups excluding tert-OH is 1. The summed E-state index contributed by atoms with van der Waals surface area (Å²) in [4.78, 5) is 38.0. The van der Waals surface area contributed by atoms with Crippen molar-refractivity contribution in [3.8, 4) is 5.75 Å². The number of ether oxygens (including phenoxy) is 2. The Labute approximate surface area is 254 Å². The summed E-state index contributed by atoms with van der Waals surface area (Å²) in [5.41, 5.74) is 2.06. The number of esters is 1. The van der Waals surface area contributed by atoms with Crippen molar-refractivity contribution < 1.29 is 34.1 Å². The van der Waals surface area contributed by atoms with Crippen molar-refractivity contribution >= 4 is 23.5 Å². The molecule has 9 nitrogen and oxygen atoms in total. The van der Waals surface area contributed by atoms with Gasteiger partial charge in [0.05, 0.1) is 18.6 Å². The Bertz CT molecular complexity index is 1230. The summed E-state index contributed by atoms with van der Waals surface area (Å²) in [6, 6.07) is 4.16. The molecule has 2 aliphatic rings. The van der Waals surface area contributed by atoms with Crippen LogP contribution in [0.25, 0.3) is 0 Å². The number of phenolic OH excluding ortho intramolecular Hbond substituents is 1. The van der Waals surface area contributed by atoms with Crippen LogP contribution in [-0.4, -0.2) is 59.5 Å². The van der Waals surface area contributed by atoms with E-state index in [1.165, 1.54) is 13.2 Å². The van der Waals surface area contributed by atoms with Gasteiger partial charge < -0.3 is 30.3 Å². The van der Waals surface area contributed by atoms with E-state index in [0.29, 0.717) is 24.9 Å². The molecule has 1 saturated carbocycles. The molecule has 1 aliphatic carbocycles. The number of aliphatic hydroxyl groups is 1. The van der Waals surface area contributed by atoms with Crippen molar-refractivity contribution in [2.45, 2.75) is 90.1 Å². The minimum Gasteiger partial charge on any atom is -0.508 e. The van der Waals surface area contributed by atoms with Crippen molar-refractivity contribution in [2.75, 3.05) is 12.4 Å². The van der Waals surface area contributed by atoms with Crippen LogP contribution >= 0.6 is 0 Å². The van der Waals surface area contributed by atoms with E-state index in [1.54, 1.807) is 31.2 Å². The number of nitrogens with one attached hydrogen (secondary N) is 2. The lowest BCUT2D eigenvalue weighted by atomic mass is 9.84. The van der Waals surface area contributed by atoms with Gasteiger partial charge in [0.2, 0.25) is 11.8 Å². The molecular weight excluding hydrogens is 548 g/mol. The van der Waals surface area contributed by atoms with Crippen molar-refractivity contribution in [3.63, 3.8) is 0 Å². The number of hydrogen-bond donors (Lipinski definition) is 4. The van der Waals surface area contributed by atoms with Gasteiger partial charge >= 0.3 is 5.97 Å².